The fourth-order valence-corrected chi connectivity index (χ4v) is 3.04. The summed E-state index contributed by atoms with van der Waals surface area (Å²) in [5.74, 6) is -0.427. The summed E-state index contributed by atoms with van der Waals surface area (Å²) >= 11 is 0. The monoisotopic (exact) mass is 447 g/mol. The average Bonchev–Trinajstić information content (AvgIpc) is 2.79. The number of aromatic nitrogens is 2. The first kappa shape index (κ1) is 21.5. The number of fused-ring (bicyclic) bond motifs is 1. The van der Waals surface area contributed by atoms with Crippen molar-refractivity contribution < 1.29 is 23.5 Å². The van der Waals surface area contributed by atoms with Crippen LogP contribution in [0.3, 0.4) is 0 Å². The quantitative estimate of drug-likeness (QED) is 0.351. The molecule has 2 N–H and O–H groups in total. The summed E-state index contributed by atoms with van der Waals surface area (Å²) in [6, 6.07) is 9.90. The summed E-state index contributed by atoms with van der Waals surface area (Å²) in [5, 5.41) is 2.74. The van der Waals surface area contributed by atoms with Crippen LogP contribution in [0.1, 0.15) is 17.3 Å². The van der Waals surface area contributed by atoms with Crippen LogP contribution in [-0.2, 0) is 4.74 Å². The predicted octanol–water partition coefficient (Wildman–Crippen LogP) is 3.33. The molecule has 3 aromatic heterocycles. The normalized spacial score (nSPS) is 10.6. The number of nitrogens with zero attached hydrogens (tertiary/aromatic N) is 1. The molecule has 10 nitrogen and oxygen atoms in total. The van der Waals surface area contributed by atoms with E-state index in [2.05, 4.69) is 15.3 Å². The predicted molar refractivity (Wildman–Crippen MR) is 118 cm³/mol. The molecule has 0 radical (unpaired) electrons. The van der Waals surface area contributed by atoms with Gasteiger partial charge in [0.1, 0.15) is 17.1 Å². The molecule has 0 spiro atoms. The van der Waals surface area contributed by atoms with Gasteiger partial charge in [-0.2, -0.15) is 0 Å². The number of benzene rings is 1. The van der Waals surface area contributed by atoms with Gasteiger partial charge in [0.05, 0.1) is 23.2 Å². The van der Waals surface area contributed by atoms with Crippen LogP contribution in [0.4, 0.5) is 10.5 Å². The number of pyridine rings is 2. The van der Waals surface area contributed by atoms with Crippen molar-refractivity contribution in [2.45, 2.75) is 6.92 Å². The van der Waals surface area contributed by atoms with E-state index in [9.17, 15) is 19.2 Å². The highest BCUT2D eigenvalue weighted by Gasteiger charge is 2.17. The summed E-state index contributed by atoms with van der Waals surface area (Å²) in [4.78, 5) is 54.9. The first-order chi connectivity index (χ1) is 15.9. The second-order valence-electron chi connectivity index (χ2n) is 6.73. The molecule has 0 aliphatic rings. The van der Waals surface area contributed by atoms with Gasteiger partial charge in [0, 0.05) is 42.4 Å². The number of carbonyl (C=O) groups excluding carboxylic acids is 2. The molecule has 4 aromatic rings. The van der Waals surface area contributed by atoms with E-state index in [0.717, 1.165) is 6.07 Å². The number of aromatic amines is 1. The van der Waals surface area contributed by atoms with Crippen LogP contribution in [-0.4, -0.2) is 28.6 Å². The molecule has 3 heterocycles. The minimum Gasteiger partial charge on any atom is -0.455 e. The highest BCUT2D eigenvalue weighted by molar-refractivity contribution is 5.93. The van der Waals surface area contributed by atoms with Gasteiger partial charge in [0.2, 0.25) is 0 Å². The van der Waals surface area contributed by atoms with Gasteiger partial charge < -0.3 is 18.9 Å². The van der Waals surface area contributed by atoms with Crippen LogP contribution in [0.2, 0.25) is 0 Å². The highest BCUT2D eigenvalue weighted by atomic mass is 16.5. The van der Waals surface area contributed by atoms with Gasteiger partial charge in [-0.3, -0.25) is 19.9 Å². The van der Waals surface area contributed by atoms with Gasteiger partial charge in [0.15, 0.2) is 5.43 Å². The van der Waals surface area contributed by atoms with E-state index < -0.39 is 23.1 Å². The first-order valence-electron chi connectivity index (χ1n) is 9.81. The van der Waals surface area contributed by atoms with Gasteiger partial charge in [-0.05, 0) is 31.2 Å². The molecule has 0 aliphatic heterocycles. The van der Waals surface area contributed by atoms with Crippen LogP contribution in [0.25, 0.3) is 22.3 Å². The Hall–Kier alpha value is -4.73. The number of ether oxygens (including phenoxy) is 2. The molecule has 0 aliphatic carbocycles. The summed E-state index contributed by atoms with van der Waals surface area (Å²) in [7, 11) is 0. The van der Waals surface area contributed by atoms with Crippen molar-refractivity contribution in [3.8, 4) is 17.1 Å². The maximum atomic E-state index is 12.5. The smallest absolute Gasteiger partial charge is 0.411 e. The Balaban J connectivity index is 1.76. The van der Waals surface area contributed by atoms with E-state index in [-0.39, 0.29) is 40.3 Å². The molecule has 1 amide bonds. The molecule has 166 valence electrons. The van der Waals surface area contributed by atoms with Crippen molar-refractivity contribution in [3.05, 3.63) is 87.2 Å². The number of amides is 1. The molecule has 4 rings (SSSR count). The zero-order valence-electron chi connectivity index (χ0n) is 17.3. The van der Waals surface area contributed by atoms with Crippen molar-refractivity contribution in [2.24, 2.45) is 0 Å². The van der Waals surface area contributed by atoms with Crippen molar-refractivity contribution >= 4 is 28.7 Å². The lowest BCUT2D eigenvalue weighted by atomic mass is 10.1. The first-order valence-corrected chi connectivity index (χ1v) is 9.81. The molecule has 0 fully saturated rings. The zero-order valence-corrected chi connectivity index (χ0v) is 17.3. The number of nitrogens with one attached hydrogen (secondary N) is 2. The van der Waals surface area contributed by atoms with Gasteiger partial charge in [0.25, 0.3) is 5.56 Å². The number of hydrogen-bond donors (Lipinski definition) is 2. The summed E-state index contributed by atoms with van der Waals surface area (Å²) in [6.07, 6.45) is 3.40. The van der Waals surface area contributed by atoms with Crippen molar-refractivity contribution in [2.75, 3.05) is 11.9 Å². The second kappa shape index (κ2) is 9.18. The SMILES string of the molecule is CCOC(=O)Nc1cc(OC(=O)c2cccnc2)ccc1-c1cc(=O)c2c[nH]c(=O)cc2o1. The molecule has 0 bridgehead atoms. The van der Waals surface area contributed by atoms with E-state index in [1.165, 1.54) is 42.9 Å². The highest BCUT2D eigenvalue weighted by Crippen LogP contribution is 2.32. The molecule has 1 aromatic carbocycles. The molecule has 0 saturated carbocycles. The van der Waals surface area contributed by atoms with E-state index in [0.29, 0.717) is 5.56 Å². The topological polar surface area (TPSA) is 141 Å². The third-order valence-corrected chi connectivity index (χ3v) is 4.51. The Labute approximate surface area is 185 Å². The third kappa shape index (κ3) is 4.79. The average molecular weight is 447 g/mol. The molecule has 0 unspecified atom stereocenters. The molecular weight excluding hydrogens is 430 g/mol. The Morgan fingerprint density at radius 1 is 1.15 bits per heavy atom. The Morgan fingerprint density at radius 2 is 2.00 bits per heavy atom. The molecule has 33 heavy (non-hydrogen) atoms. The van der Waals surface area contributed by atoms with Crippen molar-refractivity contribution in [1.29, 1.82) is 0 Å². The lowest BCUT2D eigenvalue weighted by Gasteiger charge is -2.13. The number of hydrogen-bond acceptors (Lipinski definition) is 8. The maximum Gasteiger partial charge on any atom is 0.411 e. The fraction of sp³-hybridized carbons (Fsp3) is 0.0870. The standard InChI is InChI=1S/C23H17N3O7/c1-2-31-23(30)26-17-8-14(32-22(29)13-4-3-7-24-11-13)5-6-15(17)19-9-18(27)16-12-25-21(28)10-20(16)33-19/h3-12H,2H2,1H3,(H,25,28)(H,26,30). The molecule has 0 atom stereocenters. The summed E-state index contributed by atoms with van der Waals surface area (Å²) in [6.45, 7) is 1.77. The van der Waals surface area contributed by atoms with Crippen LogP contribution in [0.15, 0.2) is 75.1 Å². The van der Waals surface area contributed by atoms with Gasteiger partial charge in [-0.25, -0.2) is 9.59 Å². The number of H-pyrrole nitrogens is 1. The van der Waals surface area contributed by atoms with E-state index in [1.54, 1.807) is 19.1 Å². The molecular formula is C23H17N3O7. The van der Waals surface area contributed by atoms with Crippen molar-refractivity contribution in [3.63, 3.8) is 0 Å². The summed E-state index contributed by atoms with van der Waals surface area (Å²) < 4.78 is 16.1. The zero-order chi connectivity index (χ0) is 23.4. The minimum atomic E-state index is -0.755. The maximum absolute atomic E-state index is 12.5. The largest absolute Gasteiger partial charge is 0.455 e. The Bertz CT molecular complexity index is 1460. The van der Waals surface area contributed by atoms with Crippen LogP contribution < -0.4 is 21.0 Å². The number of anilines is 1. The van der Waals surface area contributed by atoms with Gasteiger partial charge in [-0.15, -0.1) is 0 Å². The Morgan fingerprint density at radius 3 is 2.76 bits per heavy atom. The lowest BCUT2D eigenvalue weighted by Crippen LogP contribution is -2.15. The number of carbonyl (C=O) groups is 2. The molecule has 0 saturated heterocycles. The minimum absolute atomic E-state index is 0.0791. The van der Waals surface area contributed by atoms with Gasteiger partial charge >= 0.3 is 12.1 Å². The third-order valence-electron chi connectivity index (χ3n) is 4.51. The van der Waals surface area contributed by atoms with E-state index in [4.69, 9.17) is 13.9 Å². The van der Waals surface area contributed by atoms with Crippen molar-refractivity contribution in [1.82, 2.24) is 9.97 Å². The number of rotatable bonds is 5. The van der Waals surface area contributed by atoms with Crippen LogP contribution in [0, 0.1) is 0 Å². The van der Waals surface area contributed by atoms with E-state index in [1.807, 2.05) is 0 Å². The number of esters is 1. The van der Waals surface area contributed by atoms with Gasteiger partial charge in [-0.1, -0.05) is 0 Å². The van der Waals surface area contributed by atoms with Crippen LogP contribution in [0.5, 0.6) is 5.75 Å². The second-order valence-corrected chi connectivity index (χ2v) is 6.73. The lowest BCUT2D eigenvalue weighted by molar-refractivity contribution is 0.0734. The van der Waals surface area contributed by atoms with Crippen LogP contribution >= 0.6 is 0 Å². The summed E-state index contributed by atoms with van der Waals surface area (Å²) in [5.41, 5.74) is -0.0366. The molecule has 10 heteroatoms. The fourth-order valence-electron chi connectivity index (χ4n) is 3.04. The Kier molecular flexibility index (Phi) is 5.98. The van der Waals surface area contributed by atoms with E-state index >= 15 is 0 Å².